The van der Waals surface area contributed by atoms with E-state index >= 15 is 0 Å². The first-order valence-electron chi connectivity index (χ1n) is 5.76. The molecule has 1 heterocycles. The van der Waals surface area contributed by atoms with Gasteiger partial charge in [0.15, 0.2) is 0 Å². The molecule has 0 aliphatic heterocycles. The Labute approximate surface area is 108 Å². The van der Waals surface area contributed by atoms with E-state index in [1.165, 1.54) is 0 Å². The van der Waals surface area contributed by atoms with Crippen molar-refractivity contribution in [3.8, 4) is 0 Å². The predicted molar refractivity (Wildman–Crippen MR) is 73.3 cm³/mol. The molecule has 0 aliphatic carbocycles. The Bertz CT molecular complexity index is 393. The van der Waals surface area contributed by atoms with Crippen LogP contribution in [0.4, 0.5) is 17.8 Å². The van der Waals surface area contributed by atoms with Gasteiger partial charge in [-0.3, -0.25) is 0 Å². The maximum absolute atomic E-state index is 5.15. The lowest BCUT2D eigenvalue weighted by molar-refractivity contribution is 0.158. The van der Waals surface area contributed by atoms with Crippen molar-refractivity contribution in [2.75, 3.05) is 50.4 Å². The normalized spacial score (nSPS) is 11.2. The smallest absolute Gasteiger partial charge is 0.231 e. The topological polar surface area (TPSA) is 75.2 Å². The zero-order valence-electron chi connectivity index (χ0n) is 11.9. The van der Waals surface area contributed by atoms with Gasteiger partial charge in [0.1, 0.15) is 0 Å². The summed E-state index contributed by atoms with van der Waals surface area (Å²) in [6.07, 6.45) is 0. The van der Waals surface area contributed by atoms with E-state index in [-0.39, 0.29) is 5.54 Å². The van der Waals surface area contributed by atoms with Gasteiger partial charge in [0, 0.05) is 28.3 Å². The highest BCUT2D eigenvalue weighted by molar-refractivity contribution is 5.43. The molecule has 0 unspecified atom stereocenters. The lowest BCUT2D eigenvalue weighted by Crippen LogP contribution is -2.37. The van der Waals surface area contributed by atoms with Crippen LogP contribution in [-0.2, 0) is 4.74 Å². The van der Waals surface area contributed by atoms with Gasteiger partial charge in [0.25, 0.3) is 0 Å². The van der Waals surface area contributed by atoms with Crippen LogP contribution in [0, 0.1) is 0 Å². The van der Waals surface area contributed by atoms with Crippen LogP contribution in [0.2, 0.25) is 0 Å². The molecule has 2 N–H and O–H groups in total. The molecular formula is C11H22N6O. The number of nitrogens with zero attached hydrogens (tertiary/aromatic N) is 4. The van der Waals surface area contributed by atoms with Gasteiger partial charge >= 0.3 is 0 Å². The molecule has 18 heavy (non-hydrogen) atoms. The van der Waals surface area contributed by atoms with Crippen LogP contribution in [0.25, 0.3) is 0 Å². The van der Waals surface area contributed by atoms with Gasteiger partial charge in [0.05, 0.1) is 12.1 Å². The molecule has 0 saturated heterocycles. The lowest BCUT2D eigenvalue weighted by Gasteiger charge is -2.25. The monoisotopic (exact) mass is 254 g/mol. The molecule has 1 rings (SSSR count). The van der Waals surface area contributed by atoms with E-state index in [4.69, 9.17) is 4.74 Å². The molecule has 0 amide bonds. The van der Waals surface area contributed by atoms with E-state index in [1.807, 2.05) is 32.8 Å². The minimum absolute atomic E-state index is 0.245. The fraction of sp³-hybridized carbons (Fsp3) is 0.727. The minimum atomic E-state index is -0.245. The summed E-state index contributed by atoms with van der Waals surface area (Å²) in [5, 5.41) is 6.16. The van der Waals surface area contributed by atoms with Crippen LogP contribution in [0.15, 0.2) is 0 Å². The maximum atomic E-state index is 5.15. The van der Waals surface area contributed by atoms with Crippen LogP contribution < -0.4 is 15.5 Å². The molecule has 0 saturated carbocycles. The van der Waals surface area contributed by atoms with E-state index in [9.17, 15) is 0 Å². The van der Waals surface area contributed by atoms with Crippen LogP contribution in [0.1, 0.15) is 13.8 Å². The number of nitrogens with one attached hydrogen (secondary N) is 2. The van der Waals surface area contributed by atoms with Gasteiger partial charge in [-0.2, -0.15) is 15.0 Å². The second-order valence-electron chi connectivity index (χ2n) is 4.87. The summed E-state index contributed by atoms with van der Waals surface area (Å²) in [7, 11) is 7.22. The summed E-state index contributed by atoms with van der Waals surface area (Å²) < 4.78 is 5.15. The minimum Gasteiger partial charge on any atom is -0.382 e. The first-order chi connectivity index (χ1) is 8.38. The van der Waals surface area contributed by atoms with Gasteiger partial charge < -0.3 is 20.3 Å². The number of rotatable bonds is 6. The molecule has 0 radical (unpaired) electrons. The van der Waals surface area contributed by atoms with Gasteiger partial charge in [-0.25, -0.2) is 0 Å². The van der Waals surface area contributed by atoms with Crippen molar-refractivity contribution < 1.29 is 4.74 Å². The largest absolute Gasteiger partial charge is 0.382 e. The van der Waals surface area contributed by atoms with Crippen molar-refractivity contribution >= 4 is 17.8 Å². The summed E-state index contributed by atoms with van der Waals surface area (Å²) in [6, 6.07) is 0. The maximum Gasteiger partial charge on any atom is 0.231 e. The summed E-state index contributed by atoms with van der Waals surface area (Å²) in [6.45, 7) is 4.61. The van der Waals surface area contributed by atoms with Gasteiger partial charge in [-0.05, 0) is 13.8 Å². The van der Waals surface area contributed by atoms with Gasteiger partial charge in [0.2, 0.25) is 17.8 Å². The Morgan fingerprint density at radius 1 is 1.17 bits per heavy atom. The van der Waals surface area contributed by atoms with Crippen LogP contribution in [-0.4, -0.2) is 55.4 Å². The Balaban J connectivity index is 2.97. The highest BCUT2D eigenvalue weighted by Crippen LogP contribution is 2.15. The summed E-state index contributed by atoms with van der Waals surface area (Å²) in [5.41, 5.74) is -0.245. The predicted octanol–water partition coefficient (Wildman–Crippen LogP) is 0.816. The Morgan fingerprint density at radius 3 is 2.28 bits per heavy atom. The summed E-state index contributed by atoms with van der Waals surface area (Å²) in [5.74, 6) is 1.66. The summed E-state index contributed by atoms with van der Waals surface area (Å²) in [4.78, 5) is 14.7. The second-order valence-corrected chi connectivity index (χ2v) is 4.87. The van der Waals surface area contributed by atoms with E-state index in [1.54, 1.807) is 14.2 Å². The molecular weight excluding hydrogens is 232 g/mol. The number of anilines is 3. The third-order valence-corrected chi connectivity index (χ3v) is 2.20. The molecule has 0 atom stereocenters. The molecule has 1 aromatic rings. The number of methoxy groups -OCH3 is 1. The van der Waals surface area contributed by atoms with Crippen molar-refractivity contribution in [1.82, 2.24) is 15.0 Å². The lowest BCUT2D eigenvalue weighted by atomic mass is 10.1. The first kappa shape index (κ1) is 14.4. The molecule has 0 bridgehead atoms. The van der Waals surface area contributed by atoms with Crippen LogP contribution >= 0.6 is 0 Å². The van der Waals surface area contributed by atoms with Crippen molar-refractivity contribution in [2.45, 2.75) is 19.4 Å². The fourth-order valence-corrected chi connectivity index (χ4v) is 1.43. The molecule has 7 heteroatoms. The van der Waals surface area contributed by atoms with Crippen molar-refractivity contribution in [3.05, 3.63) is 0 Å². The standard InChI is InChI=1S/C11H22N6O/c1-11(2,7-18-6)16-9-13-8(12-3)14-10(15-9)17(4)5/h7H2,1-6H3,(H2,12,13,14,15,16). The third kappa shape index (κ3) is 3.99. The molecule has 0 aromatic carbocycles. The average molecular weight is 254 g/mol. The molecule has 102 valence electrons. The van der Waals surface area contributed by atoms with Gasteiger partial charge in [-0.15, -0.1) is 0 Å². The van der Waals surface area contributed by atoms with Crippen LogP contribution in [0.5, 0.6) is 0 Å². The Kier molecular flexibility index (Phi) is 4.66. The van der Waals surface area contributed by atoms with E-state index in [0.29, 0.717) is 24.5 Å². The Hall–Kier alpha value is -1.63. The van der Waals surface area contributed by atoms with E-state index in [0.717, 1.165) is 0 Å². The number of hydrogen-bond donors (Lipinski definition) is 2. The molecule has 0 fully saturated rings. The van der Waals surface area contributed by atoms with Crippen molar-refractivity contribution in [3.63, 3.8) is 0 Å². The second kappa shape index (κ2) is 5.81. The summed E-state index contributed by atoms with van der Waals surface area (Å²) >= 11 is 0. The van der Waals surface area contributed by atoms with Gasteiger partial charge in [-0.1, -0.05) is 0 Å². The van der Waals surface area contributed by atoms with Crippen LogP contribution in [0.3, 0.4) is 0 Å². The number of hydrogen-bond acceptors (Lipinski definition) is 7. The average Bonchev–Trinajstić information content (AvgIpc) is 2.27. The number of aromatic nitrogens is 3. The van der Waals surface area contributed by atoms with E-state index < -0.39 is 0 Å². The SMILES string of the molecule is CNc1nc(NC(C)(C)COC)nc(N(C)C)n1. The molecule has 1 aromatic heterocycles. The zero-order valence-corrected chi connectivity index (χ0v) is 11.9. The van der Waals surface area contributed by atoms with E-state index in [2.05, 4.69) is 25.6 Å². The quantitative estimate of drug-likeness (QED) is 0.778. The number of ether oxygens (including phenoxy) is 1. The highest BCUT2D eigenvalue weighted by atomic mass is 16.5. The highest BCUT2D eigenvalue weighted by Gasteiger charge is 2.19. The zero-order chi connectivity index (χ0) is 13.8. The molecule has 0 aliphatic rings. The molecule has 7 nitrogen and oxygen atoms in total. The fourth-order valence-electron chi connectivity index (χ4n) is 1.43. The van der Waals surface area contributed by atoms with Crippen molar-refractivity contribution in [2.24, 2.45) is 0 Å². The first-order valence-corrected chi connectivity index (χ1v) is 5.76. The molecule has 0 spiro atoms. The van der Waals surface area contributed by atoms with Crippen molar-refractivity contribution in [1.29, 1.82) is 0 Å². The Morgan fingerprint density at radius 2 is 1.78 bits per heavy atom. The third-order valence-electron chi connectivity index (χ3n) is 2.20.